The van der Waals surface area contributed by atoms with Crippen LogP contribution >= 0.6 is 15.9 Å². The Labute approximate surface area is 96.2 Å². The van der Waals surface area contributed by atoms with Gasteiger partial charge in [-0.3, -0.25) is 4.79 Å². The van der Waals surface area contributed by atoms with Crippen molar-refractivity contribution in [2.75, 3.05) is 18.5 Å². The maximum Gasteiger partial charge on any atom is 0.229 e. The van der Waals surface area contributed by atoms with Crippen molar-refractivity contribution in [2.24, 2.45) is 5.92 Å². The van der Waals surface area contributed by atoms with E-state index in [2.05, 4.69) is 26.2 Å². The lowest BCUT2D eigenvalue weighted by Crippen LogP contribution is -2.22. The third-order valence-electron chi connectivity index (χ3n) is 2.29. The van der Waals surface area contributed by atoms with E-state index >= 15 is 0 Å². The highest BCUT2D eigenvalue weighted by Gasteiger charge is 2.23. The van der Waals surface area contributed by atoms with Gasteiger partial charge < -0.3 is 10.1 Å². The molecule has 1 aliphatic rings. The van der Waals surface area contributed by atoms with Crippen LogP contribution in [0.4, 0.5) is 5.69 Å². The molecule has 1 amide bonds. The largest absolute Gasteiger partial charge is 0.381 e. The van der Waals surface area contributed by atoms with E-state index in [4.69, 9.17) is 4.74 Å². The number of hydrogen-bond acceptors (Lipinski definition) is 3. The van der Waals surface area contributed by atoms with Gasteiger partial charge in [0.25, 0.3) is 0 Å². The van der Waals surface area contributed by atoms with E-state index in [1.165, 1.54) is 0 Å². The van der Waals surface area contributed by atoms with Gasteiger partial charge in [-0.25, -0.2) is 4.98 Å². The number of nitrogens with one attached hydrogen (secondary N) is 1. The Morgan fingerprint density at radius 2 is 2.53 bits per heavy atom. The second-order valence-corrected chi connectivity index (χ2v) is 4.23. The Morgan fingerprint density at radius 1 is 1.67 bits per heavy atom. The summed E-state index contributed by atoms with van der Waals surface area (Å²) in [5, 5.41) is 2.84. The zero-order valence-electron chi connectivity index (χ0n) is 8.07. The van der Waals surface area contributed by atoms with Gasteiger partial charge in [0.05, 0.1) is 12.5 Å². The molecule has 2 rings (SSSR count). The van der Waals surface area contributed by atoms with Gasteiger partial charge in [0.1, 0.15) is 4.60 Å². The quantitative estimate of drug-likeness (QED) is 0.835. The van der Waals surface area contributed by atoms with Crippen molar-refractivity contribution in [3.63, 3.8) is 0 Å². The second-order valence-electron chi connectivity index (χ2n) is 3.42. The molecular weight excluding hydrogens is 260 g/mol. The molecular formula is C10H11BrN2O2. The van der Waals surface area contributed by atoms with E-state index in [0.29, 0.717) is 17.8 Å². The predicted octanol–water partition coefficient (Wildman–Crippen LogP) is 1.82. The number of carbonyl (C=O) groups is 1. The molecule has 1 saturated heterocycles. The molecule has 1 aliphatic heterocycles. The number of pyridine rings is 1. The summed E-state index contributed by atoms with van der Waals surface area (Å²) >= 11 is 3.25. The summed E-state index contributed by atoms with van der Waals surface area (Å²) in [6.07, 6.45) is 2.45. The van der Waals surface area contributed by atoms with E-state index in [1.807, 2.05) is 0 Å². The molecule has 0 aliphatic carbocycles. The van der Waals surface area contributed by atoms with Crippen LogP contribution in [0.3, 0.4) is 0 Å². The lowest BCUT2D eigenvalue weighted by molar-refractivity contribution is -0.119. The normalized spacial score (nSPS) is 20.2. The zero-order chi connectivity index (χ0) is 10.7. The Morgan fingerprint density at radius 3 is 3.20 bits per heavy atom. The first kappa shape index (κ1) is 10.6. The highest BCUT2D eigenvalue weighted by atomic mass is 79.9. The number of anilines is 1. The minimum Gasteiger partial charge on any atom is -0.381 e. The van der Waals surface area contributed by atoms with Crippen LogP contribution in [0.15, 0.2) is 22.9 Å². The van der Waals surface area contributed by atoms with Crippen molar-refractivity contribution in [2.45, 2.75) is 6.42 Å². The number of hydrogen-bond donors (Lipinski definition) is 1. The molecule has 0 bridgehead atoms. The Hall–Kier alpha value is -0.940. The summed E-state index contributed by atoms with van der Waals surface area (Å²) in [4.78, 5) is 15.7. The van der Waals surface area contributed by atoms with E-state index in [1.54, 1.807) is 18.3 Å². The van der Waals surface area contributed by atoms with Crippen LogP contribution < -0.4 is 5.32 Å². The number of nitrogens with zero attached hydrogens (tertiary/aromatic N) is 1. The zero-order valence-corrected chi connectivity index (χ0v) is 9.66. The maximum absolute atomic E-state index is 11.7. The third kappa shape index (κ3) is 2.76. The number of carbonyl (C=O) groups excluding carboxylic acids is 1. The molecule has 0 aromatic carbocycles. The SMILES string of the molecule is O=C(Nc1ccnc(Br)c1)C1CCOC1. The number of amides is 1. The molecule has 80 valence electrons. The number of halogens is 1. The minimum atomic E-state index is -0.0167. The van der Waals surface area contributed by atoms with Crippen LogP contribution in [0.5, 0.6) is 0 Å². The third-order valence-corrected chi connectivity index (χ3v) is 2.73. The van der Waals surface area contributed by atoms with E-state index in [-0.39, 0.29) is 11.8 Å². The summed E-state index contributed by atoms with van der Waals surface area (Å²) in [7, 11) is 0. The molecule has 2 heterocycles. The fraction of sp³-hybridized carbons (Fsp3) is 0.400. The highest BCUT2D eigenvalue weighted by molar-refractivity contribution is 9.10. The Balaban J connectivity index is 1.99. The minimum absolute atomic E-state index is 0.0167. The first-order valence-corrected chi connectivity index (χ1v) is 5.55. The van der Waals surface area contributed by atoms with Gasteiger partial charge in [0.15, 0.2) is 0 Å². The van der Waals surface area contributed by atoms with Crippen LogP contribution in [0.25, 0.3) is 0 Å². The Bertz CT molecular complexity index is 364. The van der Waals surface area contributed by atoms with Crippen molar-refractivity contribution in [3.05, 3.63) is 22.9 Å². The molecule has 1 N–H and O–H groups in total. The molecule has 15 heavy (non-hydrogen) atoms. The topological polar surface area (TPSA) is 51.2 Å². The average Bonchev–Trinajstić information content (AvgIpc) is 2.70. The summed E-state index contributed by atoms with van der Waals surface area (Å²) in [6, 6.07) is 3.53. The molecule has 1 aromatic rings. The van der Waals surface area contributed by atoms with E-state index < -0.39 is 0 Å². The summed E-state index contributed by atoms with van der Waals surface area (Å²) in [5.41, 5.74) is 0.758. The molecule has 0 spiro atoms. The first-order valence-electron chi connectivity index (χ1n) is 4.76. The highest BCUT2D eigenvalue weighted by Crippen LogP contribution is 2.17. The summed E-state index contributed by atoms with van der Waals surface area (Å²) < 4.78 is 5.87. The van der Waals surface area contributed by atoms with Gasteiger partial charge >= 0.3 is 0 Å². The molecule has 4 nitrogen and oxygen atoms in total. The summed E-state index contributed by atoms with van der Waals surface area (Å²) in [6.45, 7) is 1.20. The molecule has 1 unspecified atom stereocenters. The smallest absolute Gasteiger partial charge is 0.229 e. The lowest BCUT2D eigenvalue weighted by Gasteiger charge is -2.08. The van der Waals surface area contributed by atoms with Crippen LogP contribution in [0.2, 0.25) is 0 Å². The van der Waals surface area contributed by atoms with Gasteiger partial charge in [-0.15, -0.1) is 0 Å². The fourth-order valence-electron chi connectivity index (χ4n) is 1.47. The number of aromatic nitrogens is 1. The number of rotatable bonds is 2. The molecule has 1 atom stereocenters. The predicted molar refractivity (Wildman–Crippen MR) is 59.5 cm³/mol. The molecule has 5 heteroatoms. The lowest BCUT2D eigenvalue weighted by atomic mass is 10.1. The first-order chi connectivity index (χ1) is 7.25. The van der Waals surface area contributed by atoms with Gasteiger partial charge in [0, 0.05) is 18.5 Å². The van der Waals surface area contributed by atoms with Gasteiger partial charge in [-0.05, 0) is 34.5 Å². The van der Waals surface area contributed by atoms with E-state index in [9.17, 15) is 4.79 Å². The van der Waals surface area contributed by atoms with Crippen LogP contribution in [0.1, 0.15) is 6.42 Å². The molecule has 0 radical (unpaired) electrons. The standard InChI is InChI=1S/C10H11BrN2O2/c11-9-5-8(1-3-12-9)13-10(14)7-2-4-15-6-7/h1,3,5,7H,2,4,6H2,(H,12,13,14). The molecule has 0 saturated carbocycles. The monoisotopic (exact) mass is 270 g/mol. The fourth-order valence-corrected chi connectivity index (χ4v) is 1.83. The van der Waals surface area contributed by atoms with Crippen molar-refractivity contribution in [3.8, 4) is 0 Å². The van der Waals surface area contributed by atoms with E-state index in [0.717, 1.165) is 12.1 Å². The summed E-state index contributed by atoms with van der Waals surface area (Å²) in [5.74, 6) is 0.00235. The van der Waals surface area contributed by atoms with Crippen molar-refractivity contribution in [1.29, 1.82) is 0 Å². The van der Waals surface area contributed by atoms with Crippen molar-refractivity contribution < 1.29 is 9.53 Å². The van der Waals surface area contributed by atoms with Crippen LogP contribution in [-0.2, 0) is 9.53 Å². The van der Waals surface area contributed by atoms with Gasteiger partial charge in [0.2, 0.25) is 5.91 Å². The van der Waals surface area contributed by atoms with Gasteiger partial charge in [-0.2, -0.15) is 0 Å². The molecule has 1 aromatic heterocycles. The maximum atomic E-state index is 11.7. The van der Waals surface area contributed by atoms with Crippen LogP contribution in [-0.4, -0.2) is 24.1 Å². The second kappa shape index (κ2) is 4.72. The van der Waals surface area contributed by atoms with Crippen LogP contribution in [0, 0.1) is 5.92 Å². The average molecular weight is 271 g/mol. The molecule has 1 fully saturated rings. The van der Waals surface area contributed by atoms with Crippen molar-refractivity contribution in [1.82, 2.24) is 4.98 Å². The van der Waals surface area contributed by atoms with Crippen molar-refractivity contribution >= 4 is 27.5 Å². The van der Waals surface area contributed by atoms with Gasteiger partial charge in [-0.1, -0.05) is 0 Å². The number of ether oxygens (including phenoxy) is 1. The Kier molecular flexibility index (Phi) is 3.33.